The molecular formula is C19H20IN3O3S. The molecule has 142 valence electrons. The van der Waals surface area contributed by atoms with Crippen LogP contribution in [0.4, 0.5) is 0 Å². The Morgan fingerprint density at radius 2 is 1.63 bits per heavy atom. The van der Waals surface area contributed by atoms with E-state index in [1.165, 1.54) is 0 Å². The number of ether oxygens (including phenoxy) is 1. The number of carbonyl (C=O) groups excluding carboxylic acids is 2. The first-order valence-electron chi connectivity index (χ1n) is 8.26. The summed E-state index contributed by atoms with van der Waals surface area (Å²) in [5.41, 5.74) is 5.88. The van der Waals surface area contributed by atoms with Crippen LogP contribution in [-0.4, -0.2) is 23.5 Å². The third kappa shape index (κ3) is 6.47. The van der Waals surface area contributed by atoms with E-state index in [0.29, 0.717) is 29.4 Å². The number of hydrogen-bond donors (Lipinski definition) is 3. The number of thiocarbonyl (C=S) groups is 1. The number of hydrogen-bond acceptors (Lipinski definition) is 4. The molecule has 0 aliphatic rings. The van der Waals surface area contributed by atoms with Crippen LogP contribution < -0.4 is 20.9 Å². The minimum absolute atomic E-state index is 0.0158. The Kier molecular flexibility index (Phi) is 7.99. The molecule has 2 rings (SSSR count). The van der Waals surface area contributed by atoms with Gasteiger partial charge < -0.3 is 4.74 Å². The molecule has 2 aromatic carbocycles. The molecule has 0 bridgehead atoms. The lowest BCUT2D eigenvalue weighted by Gasteiger charge is -2.14. The number of benzene rings is 2. The molecule has 0 atom stereocenters. The molecule has 0 heterocycles. The summed E-state index contributed by atoms with van der Waals surface area (Å²) < 4.78 is 6.48. The molecule has 0 aliphatic heterocycles. The van der Waals surface area contributed by atoms with E-state index in [1.807, 2.05) is 26.0 Å². The van der Waals surface area contributed by atoms with Crippen molar-refractivity contribution >= 4 is 51.7 Å². The van der Waals surface area contributed by atoms with Crippen molar-refractivity contribution < 1.29 is 14.3 Å². The maximum absolute atomic E-state index is 12.5. The van der Waals surface area contributed by atoms with Crippen LogP contribution in [0.25, 0.3) is 0 Å². The highest BCUT2D eigenvalue weighted by Gasteiger charge is 2.15. The monoisotopic (exact) mass is 497 g/mol. The van der Waals surface area contributed by atoms with Gasteiger partial charge in [0.1, 0.15) is 5.75 Å². The maximum atomic E-state index is 12.5. The van der Waals surface area contributed by atoms with Crippen LogP contribution in [0.5, 0.6) is 5.75 Å². The molecule has 0 aromatic heterocycles. The first kappa shape index (κ1) is 21.1. The van der Waals surface area contributed by atoms with E-state index in [2.05, 4.69) is 38.8 Å². The fraction of sp³-hybridized carbons (Fsp3) is 0.211. The predicted octanol–water partition coefficient (Wildman–Crippen LogP) is 3.28. The van der Waals surface area contributed by atoms with Crippen LogP contribution in [0.1, 0.15) is 34.6 Å². The van der Waals surface area contributed by atoms with Crippen LogP contribution in [0.3, 0.4) is 0 Å². The van der Waals surface area contributed by atoms with Crippen molar-refractivity contribution in [3.8, 4) is 5.75 Å². The number of para-hydroxylation sites is 1. The van der Waals surface area contributed by atoms with Crippen molar-refractivity contribution in [2.24, 2.45) is 5.92 Å². The Morgan fingerprint density at radius 1 is 1.00 bits per heavy atom. The average Bonchev–Trinajstić information content (AvgIpc) is 2.65. The van der Waals surface area contributed by atoms with Gasteiger partial charge in [-0.1, -0.05) is 38.1 Å². The van der Waals surface area contributed by atoms with Crippen molar-refractivity contribution in [3.05, 3.63) is 63.2 Å². The summed E-state index contributed by atoms with van der Waals surface area (Å²) in [4.78, 5) is 24.6. The Morgan fingerprint density at radius 3 is 2.30 bits per heavy atom. The summed E-state index contributed by atoms with van der Waals surface area (Å²) in [6.45, 7) is 4.55. The highest BCUT2D eigenvalue weighted by atomic mass is 127. The van der Waals surface area contributed by atoms with E-state index in [9.17, 15) is 9.59 Å². The van der Waals surface area contributed by atoms with Crippen molar-refractivity contribution in [2.45, 2.75) is 13.8 Å². The molecule has 0 saturated heterocycles. The predicted molar refractivity (Wildman–Crippen MR) is 117 cm³/mol. The van der Waals surface area contributed by atoms with Crippen LogP contribution in [-0.2, 0) is 0 Å². The standard InChI is InChI=1S/C19H20IN3O3S/c1-12(2)11-26-16-10-6-4-8-14(16)17(24)21-19(27)23-22-18(25)13-7-3-5-9-15(13)20/h3-10,12H,11H2,1-2H3,(H,22,25)(H2,21,23,24,27). The highest BCUT2D eigenvalue weighted by molar-refractivity contribution is 14.1. The quantitative estimate of drug-likeness (QED) is 0.336. The van der Waals surface area contributed by atoms with E-state index in [1.54, 1.807) is 36.4 Å². The second-order valence-corrected chi connectivity index (χ2v) is 7.61. The normalized spacial score (nSPS) is 10.2. The summed E-state index contributed by atoms with van der Waals surface area (Å²) in [5, 5.41) is 2.51. The van der Waals surface area contributed by atoms with Crippen molar-refractivity contribution in [3.63, 3.8) is 0 Å². The van der Waals surface area contributed by atoms with Crippen LogP contribution in [0, 0.1) is 9.49 Å². The third-order valence-corrected chi connectivity index (χ3v) is 4.48. The summed E-state index contributed by atoms with van der Waals surface area (Å²) in [7, 11) is 0. The third-order valence-electron chi connectivity index (χ3n) is 3.34. The van der Waals surface area contributed by atoms with Gasteiger partial charge in [0.05, 0.1) is 17.7 Å². The van der Waals surface area contributed by atoms with E-state index in [0.717, 1.165) is 3.57 Å². The molecule has 3 N–H and O–H groups in total. The first-order chi connectivity index (χ1) is 12.9. The number of halogens is 1. The molecule has 0 fully saturated rings. The fourth-order valence-electron chi connectivity index (χ4n) is 2.06. The van der Waals surface area contributed by atoms with Crippen molar-refractivity contribution in [1.29, 1.82) is 0 Å². The summed E-state index contributed by atoms with van der Waals surface area (Å²) in [6.07, 6.45) is 0. The molecule has 0 unspecified atom stereocenters. The Balaban J connectivity index is 1.93. The van der Waals surface area contributed by atoms with Gasteiger partial charge >= 0.3 is 0 Å². The van der Waals surface area contributed by atoms with Crippen LogP contribution in [0.15, 0.2) is 48.5 Å². The zero-order valence-corrected chi connectivity index (χ0v) is 17.9. The minimum atomic E-state index is -0.421. The zero-order valence-electron chi connectivity index (χ0n) is 14.9. The number of rotatable bonds is 5. The SMILES string of the molecule is CC(C)COc1ccccc1C(=O)NC(=S)NNC(=O)c1ccccc1I. The second-order valence-electron chi connectivity index (χ2n) is 6.04. The number of amides is 2. The van der Waals surface area contributed by atoms with Gasteiger partial charge in [0, 0.05) is 3.57 Å². The Labute approximate surface area is 177 Å². The average molecular weight is 497 g/mol. The zero-order chi connectivity index (χ0) is 19.8. The molecular weight excluding hydrogens is 477 g/mol. The van der Waals surface area contributed by atoms with E-state index in [4.69, 9.17) is 17.0 Å². The minimum Gasteiger partial charge on any atom is -0.492 e. The lowest BCUT2D eigenvalue weighted by molar-refractivity contribution is 0.0933. The van der Waals surface area contributed by atoms with Gasteiger partial charge in [0.2, 0.25) is 0 Å². The number of nitrogens with one attached hydrogen (secondary N) is 3. The first-order valence-corrected chi connectivity index (χ1v) is 9.75. The van der Waals surface area contributed by atoms with Crippen LogP contribution >= 0.6 is 34.8 Å². The van der Waals surface area contributed by atoms with E-state index >= 15 is 0 Å². The lowest BCUT2D eigenvalue weighted by atomic mass is 10.2. The fourth-order valence-corrected chi connectivity index (χ4v) is 2.84. The van der Waals surface area contributed by atoms with E-state index < -0.39 is 5.91 Å². The summed E-state index contributed by atoms with van der Waals surface area (Å²) in [5.74, 6) is 0.0434. The largest absolute Gasteiger partial charge is 0.492 e. The second kappa shape index (κ2) is 10.2. The van der Waals surface area contributed by atoms with Gasteiger partial charge in [0.25, 0.3) is 11.8 Å². The molecule has 6 nitrogen and oxygen atoms in total. The number of carbonyl (C=O) groups is 2. The molecule has 2 aromatic rings. The van der Waals surface area contributed by atoms with Gasteiger partial charge in [-0.3, -0.25) is 25.8 Å². The number of hydrazine groups is 1. The molecule has 8 heteroatoms. The topological polar surface area (TPSA) is 79.5 Å². The van der Waals surface area contributed by atoms with Crippen LogP contribution in [0.2, 0.25) is 0 Å². The summed E-state index contributed by atoms with van der Waals surface area (Å²) in [6, 6.07) is 14.1. The molecule has 27 heavy (non-hydrogen) atoms. The van der Waals surface area contributed by atoms with Gasteiger partial charge in [-0.25, -0.2) is 0 Å². The van der Waals surface area contributed by atoms with Gasteiger partial charge in [0.15, 0.2) is 5.11 Å². The molecule has 0 radical (unpaired) electrons. The van der Waals surface area contributed by atoms with Gasteiger partial charge in [-0.15, -0.1) is 0 Å². The summed E-state index contributed by atoms with van der Waals surface area (Å²) >= 11 is 7.15. The van der Waals surface area contributed by atoms with Crippen molar-refractivity contribution in [2.75, 3.05) is 6.61 Å². The highest BCUT2D eigenvalue weighted by Crippen LogP contribution is 2.18. The molecule has 0 spiro atoms. The van der Waals surface area contributed by atoms with Crippen molar-refractivity contribution in [1.82, 2.24) is 16.2 Å². The Bertz CT molecular complexity index is 842. The smallest absolute Gasteiger partial charge is 0.270 e. The lowest BCUT2D eigenvalue weighted by Crippen LogP contribution is -2.48. The molecule has 2 amide bonds. The van der Waals surface area contributed by atoms with Gasteiger partial charge in [-0.05, 0) is 65.0 Å². The molecule has 0 aliphatic carbocycles. The van der Waals surface area contributed by atoms with E-state index in [-0.39, 0.29) is 11.0 Å². The Hall–Kier alpha value is -2.20. The van der Waals surface area contributed by atoms with Gasteiger partial charge in [-0.2, -0.15) is 0 Å². The maximum Gasteiger partial charge on any atom is 0.270 e. The molecule has 0 saturated carbocycles.